The van der Waals surface area contributed by atoms with Crippen molar-refractivity contribution in [1.82, 2.24) is 10.6 Å². The van der Waals surface area contributed by atoms with Crippen LogP contribution < -0.4 is 10.6 Å². The van der Waals surface area contributed by atoms with Gasteiger partial charge in [0.15, 0.2) is 0 Å². The summed E-state index contributed by atoms with van der Waals surface area (Å²) in [6, 6.07) is -1.79. The molecule has 2 amide bonds. The third-order valence-electron chi connectivity index (χ3n) is 6.36. The second-order valence-electron chi connectivity index (χ2n) is 10.1. The second-order valence-corrected chi connectivity index (χ2v) is 11.2. The molecule has 0 rings (SSSR count). The van der Waals surface area contributed by atoms with Crippen molar-refractivity contribution in [2.45, 2.75) is 128 Å². The standard InChI is InChI=1S/C28H46F6N2O5S/c1-3-4-5-6-7-8-9-10-11-12-13-14-15-16-23(22(37)17-18-27(29,30)31)42-20-21(36-26(40)28(32,33)34)25(39)35-19-24(38)41-2/h16,21-22,37H,3-15,17-20H2,1-2H3,(H,35,39)(H,36,40)/t21-,22-/m0/s1. The number of hydrogen-bond acceptors (Lipinski definition) is 6. The number of allylic oxidation sites excluding steroid dienone is 1. The average Bonchev–Trinajstić information content (AvgIpc) is 2.92. The molecule has 0 aromatic heterocycles. The van der Waals surface area contributed by atoms with Crippen molar-refractivity contribution in [3.8, 4) is 0 Å². The third kappa shape index (κ3) is 21.7. The molecule has 2 atom stereocenters. The minimum Gasteiger partial charge on any atom is -0.468 e. The molecule has 0 aromatic rings. The minimum absolute atomic E-state index is 0.0642. The lowest BCUT2D eigenvalue weighted by Crippen LogP contribution is -2.52. The maximum absolute atomic E-state index is 12.8. The van der Waals surface area contributed by atoms with Gasteiger partial charge in [-0.25, -0.2) is 0 Å². The number of carbonyl (C=O) groups is 3. The van der Waals surface area contributed by atoms with Crippen LogP contribution in [0.5, 0.6) is 0 Å². The highest BCUT2D eigenvalue weighted by molar-refractivity contribution is 8.03. The van der Waals surface area contributed by atoms with Crippen LogP contribution in [0.3, 0.4) is 0 Å². The summed E-state index contributed by atoms with van der Waals surface area (Å²) < 4.78 is 81.0. The van der Waals surface area contributed by atoms with E-state index in [1.807, 2.05) is 5.32 Å². The number of aliphatic hydroxyl groups is 1. The number of ether oxygens (including phenoxy) is 1. The van der Waals surface area contributed by atoms with E-state index in [4.69, 9.17) is 0 Å². The maximum Gasteiger partial charge on any atom is 0.471 e. The second kappa shape index (κ2) is 22.6. The van der Waals surface area contributed by atoms with Gasteiger partial charge in [-0.3, -0.25) is 14.4 Å². The summed E-state index contributed by atoms with van der Waals surface area (Å²) >= 11 is 0.678. The number of esters is 1. The third-order valence-corrected chi connectivity index (χ3v) is 7.64. The van der Waals surface area contributed by atoms with Crippen molar-refractivity contribution >= 4 is 29.5 Å². The first-order chi connectivity index (χ1) is 19.7. The summed E-state index contributed by atoms with van der Waals surface area (Å²) in [4.78, 5) is 35.2. The van der Waals surface area contributed by atoms with E-state index in [0.717, 1.165) is 32.8 Å². The van der Waals surface area contributed by atoms with Gasteiger partial charge in [0.2, 0.25) is 5.91 Å². The van der Waals surface area contributed by atoms with Gasteiger partial charge in [-0.05, 0) is 19.3 Å². The summed E-state index contributed by atoms with van der Waals surface area (Å²) in [5.41, 5.74) is 0. The molecule has 0 aliphatic carbocycles. The summed E-state index contributed by atoms with van der Waals surface area (Å²) in [5.74, 6) is -4.94. The molecule has 0 saturated carbocycles. The topological polar surface area (TPSA) is 105 Å². The van der Waals surface area contributed by atoms with Crippen LogP contribution in [0.25, 0.3) is 0 Å². The molecule has 0 radical (unpaired) electrons. The monoisotopic (exact) mass is 636 g/mol. The number of nitrogens with one attached hydrogen (secondary N) is 2. The molecule has 0 heterocycles. The Bertz CT molecular complexity index is 809. The first-order valence-electron chi connectivity index (χ1n) is 14.5. The highest BCUT2D eigenvalue weighted by Crippen LogP contribution is 2.29. The number of carbonyl (C=O) groups excluding carboxylic acids is 3. The van der Waals surface area contributed by atoms with Gasteiger partial charge in [0.05, 0.1) is 13.2 Å². The van der Waals surface area contributed by atoms with Crippen LogP contribution >= 0.6 is 11.8 Å². The largest absolute Gasteiger partial charge is 0.471 e. The summed E-state index contributed by atoms with van der Waals surface area (Å²) in [7, 11) is 1.03. The summed E-state index contributed by atoms with van der Waals surface area (Å²) in [6.07, 6.45) is 2.01. The number of halogens is 6. The first-order valence-corrected chi connectivity index (χ1v) is 15.5. The Labute approximate surface area is 249 Å². The molecule has 7 nitrogen and oxygen atoms in total. The molecule has 0 aliphatic heterocycles. The van der Waals surface area contributed by atoms with Gasteiger partial charge in [-0.1, -0.05) is 83.6 Å². The average molecular weight is 637 g/mol. The molecule has 0 spiro atoms. The first kappa shape index (κ1) is 40.0. The van der Waals surface area contributed by atoms with E-state index < -0.39 is 67.4 Å². The lowest BCUT2D eigenvalue weighted by atomic mass is 10.0. The number of rotatable bonds is 23. The minimum atomic E-state index is -5.30. The molecule has 3 N–H and O–H groups in total. The molecule has 0 fully saturated rings. The van der Waals surface area contributed by atoms with Gasteiger partial charge in [0, 0.05) is 17.1 Å². The van der Waals surface area contributed by atoms with E-state index in [1.54, 1.807) is 0 Å². The van der Waals surface area contributed by atoms with Gasteiger partial charge >= 0.3 is 24.2 Å². The normalized spacial score (nSPS) is 13.9. The van der Waals surface area contributed by atoms with E-state index >= 15 is 0 Å². The zero-order valence-electron chi connectivity index (χ0n) is 24.5. The van der Waals surface area contributed by atoms with E-state index in [9.17, 15) is 45.8 Å². The Morgan fingerprint density at radius 3 is 1.88 bits per heavy atom. The molecular weight excluding hydrogens is 590 g/mol. The SMILES string of the molecule is CCCCCCCCCCCCCCC=C(SC[C@H](NC(=O)C(F)(F)F)C(=O)NCC(=O)OC)[C@@H](O)CCC(F)(F)F. The van der Waals surface area contributed by atoms with Crippen LogP contribution in [0.4, 0.5) is 26.3 Å². The van der Waals surface area contributed by atoms with Crippen LogP contribution in [-0.4, -0.2) is 66.8 Å². The zero-order chi connectivity index (χ0) is 32.0. The van der Waals surface area contributed by atoms with Crippen LogP contribution in [0.15, 0.2) is 11.0 Å². The number of amides is 2. The van der Waals surface area contributed by atoms with Gasteiger partial charge in [0.1, 0.15) is 12.6 Å². The Balaban J connectivity index is 5.06. The molecule has 0 saturated heterocycles. The van der Waals surface area contributed by atoms with Crippen LogP contribution in [-0.2, 0) is 19.1 Å². The van der Waals surface area contributed by atoms with Gasteiger partial charge in [-0.2, -0.15) is 26.3 Å². The van der Waals surface area contributed by atoms with E-state index in [0.29, 0.717) is 24.6 Å². The van der Waals surface area contributed by atoms with Crippen molar-refractivity contribution in [2.75, 3.05) is 19.4 Å². The van der Waals surface area contributed by atoms with Crippen molar-refractivity contribution in [3.63, 3.8) is 0 Å². The van der Waals surface area contributed by atoms with Gasteiger partial charge < -0.3 is 20.5 Å². The van der Waals surface area contributed by atoms with Gasteiger partial charge in [-0.15, -0.1) is 11.8 Å². The van der Waals surface area contributed by atoms with Crippen LogP contribution in [0.2, 0.25) is 0 Å². The predicted molar refractivity (Wildman–Crippen MR) is 151 cm³/mol. The smallest absolute Gasteiger partial charge is 0.468 e. The number of unbranched alkanes of at least 4 members (excludes halogenated alkanes) is 12. The molecular formula is C28H46F6N2O5S. The van der Waals surface area contributed by atoms with Crippen molar-refractivity contribution in [3.05, 3.63) is 11.0 Å². The van der Waals surface area contributed by atoms with E-state index in [2.05, 4.69) is 11.7 Å². The fourth-order valence-electron chi connectivity index (χ4n) is 3.92. The lowest BCUT2D eigenvalue weighted by Gasteiger charge is -2.21. The summed E-state index contributed by atoms with van der Waals surface area (Å²) in [5, 5.41) is 14.0. The number of aliphatic hydroxyl groups excluding tert-OH is 1. The van der Waals surface area contributed by atoms with E-state index in [1.165, 1.54) is 56.3 Å². The molecule has 0 bridgehead atoms. The fourth-order valence-corrected chi connectivity index (χ4v) is 5.06. The Kier molecular flexibility index (Phi) is 21.5. The predicted octanol–water partition coefficient (Wildman–Crippen LogP) is 6.73. The Morgan fingerprint density at radius 2 is 1.40 bits per heavy atom. The molecule has 14 heteroatoms. The maximum atomic E-state index is 12.8. The Morgan fingerprint density at radius 1 is 0.881 bits per heavy atom. The quantitative estimate of drug-likeness (QED) is 0.0653. The zero-order valence-corrected chi connectivity index (χ0v) is 25.3. The van der Waals surface area contributed by atoms with Crippen LogP contribution in [0.1, 0.15) is 103 Å². The lowest BCUT2D eigenvalue weighted by molar-refractivity contribution is -0.174. The van der Waals surface area contributed by atoms with E-state index in [-0.39, 0.29) is 4.91 Å². The van der Waals surface area contributed by atoms with Crippen LogP contribution in [0, 0.1) is 0 Å². The molecule has 246 valence electrons. The molecule has 42 heavy (non-hydrogen) atoms. The molecule has 0 aliphatic rings. The molecule has 0 aromatic carbocycles. The highest BCUT2D eigenvalue weighted by atomic mass is 32.2. The molecule has 0 unspecified atom stereocenters. The number of thioether (sulfide) groups is 1. The Hall–Kier alpha value is -1.96. The number of methoxy groups -OCH3 is 1. The number of hydrogen-bond donors (Lipinski definition) is 3. The van der Waals surface area contributed by atoms with Crippen molar-refractivity contribution in [1.29, 1.82) is 0 Å². The fraction of sp³-hybridized carbons (Fsp3) is 0.821. The van der Waals surface area contributed by atoms with Crippen molar-refractivity contribution in [2.24, 2.45) is 0 Å². The van der Waals surface area contributed by atoms with Gasteiger partial charge in [0.25, 0.3) is 0 Å². The number of alkyl halides is 6. The highest BCUT2D eigenvalue weighted by Gasteiger charge is 2.41. The van der Waals surface area contributed by atoms with Crippen molar-refractivity contribution < 1.29 is 50.6 Å². The summed E-state index contributed by atoms with van der Waals surface area (Å²) in [6.45, 7) is 1.51.